The van der Waals surface area contributed by atoms with Crippen LogP contribution < -0.4 is 10.2 Å². The van der Waals surface area contributed by atoms with E-state index >= 15 is 0 Å². The number of hydrogen-bond donors (Lipinski definition) is 1. The molecule has 1 aliphatic heterocycles. The van der Waals surface area contributed by atoms with Gasteiger partial charge in [0.15, 0.2) is 5.82 Å². The fourth-order valence-electron chi connectivity index (χ4n) is 3.63. The number of nitrogens with one attached hydrogen (secondary N) is 1. The van der Waals surface area contributed by atoms with Gasteiger partial charge in [0.05, 0.1) is 11.2 Å². The van der Waals surface area contributed by atoms with Crippen LogP contribution in [0.25, 0.3) is 11.0 Å². The lowest BCUT2D eigenvalue weighted by molar-refractivity contribution is 0.284. The summed E-state index contributed by atoms with van der Waals surface area (Å²) >= 11 is 5.89. The third kappa shape index (κ3) is 4.54. The molecule has 1 N–H and O–H groups in total. The second-order valence-corrected chi connectivity index (χ2v) is 7.98. The Morgan fingerprint density at radius 1 is 1.21 bits per heavy atom. The predicted octanol–water partition coefficient (Wildman–Crippen LogP) is 3.73. The van der Waals surface area contributed by atoms with Crippen molar-refractivity contribution in [3.63, 3.8) is 0 Å². The van der Waals surface area contributed by atoms with Crippen LogP contribution in [0.3, 0.4) is 0 Å². The summed E-state index contributed by atoms with van der Waals surface area (Å²) in [5.41, 5.74) is 1.89. The van der Waals surface area contributed by atoms with Crippen LogP contribution in [-0.2, 0) is 0 Å². The molecule has 2 aromatic heterocycles. The lowest BCUT2D eigenvalue weighted by Gasteiger charge is -2.33. The molecule has 0 spiro atoms. The molecule has 7 nitrogen and oxygen atoms in total. The molecule has 3 aromatic rings. The topological polar surface area (TPSA) is 70.1 Å². The largest absolute Gasteiger partial charge is 0.341 e. The third-order valence-corrected chi connectivity index (χ3v) is 5.36. The van der Waals surface area contributed by atoms with Gasteiger partial charge in [-0.3, -0.25) is 0 Å². The van der Waals surface area contributed by atoms with Crippen LogP contribution >= 0.6 is 11.6 Å². The lowest BCUT2D eigenvalue weighted by Crippen LogP contribution is -2.38. The maximum absolute atomic E-state index is 13.4. The van der Waals surface area contributed by atoms with Crippen molar-refractivity contribution >= 4 is 40.1 Å². The predicted molar refractivity (Wildman–Crippen MR) is 113 cm³/mol. The minimum atomic E-state index is -0.466. The van der Waals surface area contributed by atoms with Gasteiger partial charge in [-0.05, 0) is 51.1 Å². The second kappa shape index (κ2) is 8.42. The fourth-order valence-corrected chi connectivity index (χ4v) is 3.81. The first kappa shape index (κ1) is 19.7. The standard InChI is InChI=1S/C20H23ClFN7/c1-28(2)11-13-5-7-29(8-6-13)20-23-10-17-18(27-20)19(25-12-24-17)26-14-3-4-16(22)15(21)9-14/h3-4,9-10,12-13H,5-8,11H2,1-2H3,(H,24,25,26). The van der Waals surface area contributed by atoms with E-state index in [2.05, 4.69) is 44.2 Å². The lowest BCUT2D eigenvalue weighted by atomic mass is 9.97. The Labute approximate surface area is 174 Å². The molecule has 1 aliphatic rings. The Bertz CT molecular complexity index is 1010. The van der Waals surface area contributed by atoms with Crippen molar-refractivity contribution in [1.82, 2.24) is 24.8 Å². The van der Waals surface area contributed by atoms with Gasteiger partial charge in [0, 0.05) is 25.3 Å². The Balaban J connectivity index is 1.57. The summed E-state index contributed by atoms with van der Waals surface area (Å²) in [6, 6.07) is 4.43. The number of benzene rings is 1. The number of hydrogen-bond acceptors (Lipinski definition) is 7. The van der Waals surface area contributed by atoms with E-state index in [4.69, 9.17) is 16.6 Å². The Hall–Kier alpha value is -2.58. The summed E-state index contributed by atoms with van der Waals surface area (Å²) in [7, 11) is 4.23. The van der Waals surface area contributed by atoms with Crippen LogP contribution in [0.4, 0.5) is 21.8 Å². The summed E-state index contributed by atoms with van der Waals surface area (Å²) < 4.78 is 13.4. The van der Waals surface area contributed by atoms with Crippen LogP contribution in [-0.4, -0.2) is 58.6 Å². The highest BCUT2D eigenvalue weighted by atomic mass is 35.5. The van der Waals surface area contributed by atoms with Crippen molar-refractivity contribution in [3.8, 4) is 0 Å². The summed E-state index contributed by atoms with van der Waals surface area (Å²) in [6.45, 7) is 2.95. The van der Waals surface area contributed by atoms with Gasteiger partial charge >= 0.3 is 0 Å². The van der Waals surface area contributed by atoms with Gasteiger partial charge in [0.2, 0.25) is 5.95 Å². The van der Waals surface area contributed by atoms with Crippen molar-refractivity contribution in [2.24, 2.45) is 5.92 Å². The maximum atomic E-state index is 13.4. The molecular formula is C20H23ClFN7. The molecule has 3 heterocycles. The van der Waals surface area contributed by atoms with E-state index < -0.39 is 5.82 Å². The molecule has 0 aliphatic carbocycles. The summed E-state index contributed by atoms with van der Waals surface area (Å²) in [5, 5.41) is 3.20. The maximum Gasteiger partial charge on any atom is 0.226 e. The zero-order valence-electron chi connectivity index (χ0n) is 16.4. The highest BCUT2D eigenvalue weighted by Crippen LogP contribution is 2.27. The number of piperidine rings is 1. The van der Waals surface area contributed by atoms with E-state index in [0.717, 1.165) is 32.5 Å². The number of halogens is 2. The van der Waals surface area contributed by atoms with Gasteiger partial charge in [-0.15, -0.1) is 0 Å². The molecule has 0 radical (unpaired) electrons. The minimum absolute atomic E-state index is 0.0456. The number of nitrogens with zero attached hydrogens (tertiary/aromatic N) is 6. The van der Waals surface area contributed by atoms with Crippen LogP contribution in [0, 0.1) is 11.7 Å². The SMILES string of the molecule is CN(C)CC1CCN(c2ncc3ncnc(Nc4ccc(F)c(Cl)c4)c3n2)CC1. The number of fused-ring (bicyclic) bond motifs is 1. The monoisotopic (exact) mass is 415 g/mol. The molecule has 0 bridgehead atoms. The zero-order valence-corrected chi connectivity index (χ0v) is 17.2. The minimum Gasteiger partial charge on any atom is -0.341 e. The van der Waals surface area contributed by atoms with Crippen LogP contribution in [0.5, 0.6) is 0 Å². The highest BCUT2D eigenvalue weighted by molar-refractivity contribution is 6.31. The average Bonchev–Trinajstić information content (AvgIpc) is 2.71. The van der Waals surface area contributed by atoms with Crippen molar-refractivity contribution in [3.05, 3.63) is 41.6 Å². The van der Waals surface area contributed by atoms with Gasteiger partial charge in [0.1, 0.15) is 23.2 Å². The normalized spacial score (nSPS) is 15.3. The van der Waals surface area contributed by atoms with E-state index in [1.54, 1.807) is 12.3 Å². The molecule has 4 rings (SSSR count). The van der Waals surface area contributed by atoms with Gasteiger partial charge < -0.3 is 15.1 Å². The Kier molecular flexibility index (Phi) is 5.73. The number of rotatable bonds is 5. The molecule has 0 saturated carbocycles. The molecule has 0 amide bonds. The molecule has 152 valence electrons. The third-order valence-electron chi connectivity index (χ3n) is 5.07. The van der Waals surface area contributed by atoms with Crippen LogP contribution in [0.2, 0.25) is 5.02 Å². The number of aromatic nitrogens is 4. The second-order valence-electron chi connectivity index (χ2n) is 7.57. The van der Waals surface area contributed by atoms with Gasteiger partial charge in [0.25, 0.3) is 0 Å². The first-order valence-electron chi connectivity index (χ1n) is 9.59. The average molecular weight is 416 g/mol. The molecule has 29 heavy (non-hydrogen) atoms. The van der Waals surface area contributed by atoms with E-state index in [-0.39, 0.29) is 5.02 Å². The molecule has 9 heteroatoms. The van der Waals surface area contributed by atoms with Crippen LogP contribution in [0.1, 0.15) is 12.8 Å². The van der Waals surface area contributed by atoms with Gasteiger partial charge in [-0.2, -0.15) is 0 Å². The first-order chi connectivity index (χ1) is 14.0. The van der Waals surface area contributed by atoms with Gasteiger partial charge in [-0.1, -0.05) is 11.6 Å². The van der Waals surface area contributed by atoms with E-state index in [9.17, 15) is 4.39 Å². The Morgan fingerprint density at radius 2 is 2.00 bits per heavy atom. The van der Waals surface area contributed by atoms with Crippen molar-refractivity contribution < 1.29 is 4.39 Å². The van der Waals surface area contributed by atoms with Crippen LogP contribution in [0.15, 0.2) is 30.7 Å². The van der Waals surface area contributed by atoms with Crippen molar-refractivity contribution in [2.45, 2.75) is 12.8 Å². The van der Waals surface area contributed by atoms with E-state index in [1.807, 2.05) is 0 Å². The highest BCUT2D eigenvalue weighted by Gasteiger charge is 2.22. The van der Waals surface area contributed by atoms with Crippen molar-refractivity contribution in [1.29, 1.82) is 0 Å². The zero-order chi connectivity index (χ0) is 20.4. The quantitative estimate of drug-likeness (QED) is 0.680. The molecule has 1 saturated heterocycles. The smallest absolute Gasteiger partial charge is 0.226 e. The van der Waals surface area contributed by atoms with Crippen molar-refractivity contribution in [2.75, 3.05) is 43.9 Å². The number of anilines is 3. The molecule has 0 atom stereocenters. The first-order valence-corrected chi connectivity index (χ1v) is 9.97. The molecule has 1 fully saturated rings. The molecule has 1 aromatic carbocycles. The summed E-state index contributed by atoms with van der Waals surface area (Å²) in [6.07, 6.45) is 5.40. The molecular weight excluding hydrogens is 393 g/mol. The van der Waals surface area contributed by atoms with Gasteiger partial charge in [-0.25, -0.2) is 24.3 Å². The summed E-state index contributed by atoms with van der Waals surface area (Å²) in [5.74, 6) is 1.44. The Morgan fingerprint density at radius 3 is 2.72 bits per heavy atom. The molecule has 0 unspecified atom stereocenters. The summed E-state index contributed by atoms with van der Waals surface area (Å²) in [4.78, 5) is 22.3. The van der Waals surface area contributed by atoms with E-state index in [1.165, 1.54) is 18.5 Å². The fraction of sp³-hybridized carbons (Fsp3) is 0.400. The van der Waals surface area contributed by atoms with E-state index in [0.29, 0.717) is 34.4 Å².